The van der Waals surface area contributed by atoms with Crippen molar-refractivity contribution in [2.45, 2.75) is 18.4 Å². The Morgan fingerprint density at radius 3 is 2.76 bits per heavy atom. The SMILES string of the molecule is Cc1ccc(S(=O)(=O)N2CCOCC2)cc1C(=O)NCc1cn2ccccc2n1. The molecule has 0 aliphatic carbocycles. The van der Waals surface area contributed by atoms with Crippen LogP contribution >= 0.6 is 0 Å². The van der Waals surface area contributed by atoms with Crippen molar-refractivity contribution in [3.05, 3.63) is 65.6 Å². The number of amides is 1. The van der Waals surface area contributed by atoms with Gasteiger partial charge in [-0.2, -0.15) is 4.31 Å². The number of aryl methyl sites for hydroxylation is 1. The number of fused-ring (bicyclic) bond motifs is 1. The van der Waals surface area contributed by atoms with Crippen molar-refractivity contribution in [3.8, 4) is 0 Å². The Labute approximate surface area is 169 Å². The number of hydrogen-bond donors (Lipinski definition) is 1. The fraction of sp³-hybridized carbons (Fsp3) is 0.300. The molecule has 0 saturated carbocycles. The van der Waals surface area contributed by atoms with Gasteiger partial charge in [0, 0.05) is 31.0 Å². The largest absolute Gasteiger partial charge is 0.379 e. The molecule has 0 bridgehead atoms. The summed E-state index contributed by atoms with van der Waals surface area (Å²) in [4.78, 5) is 17.3. The molecule has 1 N–H and O–H groups in total. The topological polar surface area (TPSA) is 93.0 Å². The quantitative estimate of drug-likeness (QED) is 0.685. The molecule has 152 valence electrons. The number of aromatic nitrogens is 2. The average molecular weight is 414 g/mol. The minimum absolute atomic E-state index is 0.114. The van der Waals surface area contributed by atoms with Crippen molar-refractivity contribution in [1.82, 2.24) is 19.0 Å². The van der Waals surface area contributed by atoms with E-state index in [2.05, 4.69) is 10.3 Å². The summed E-state index contributed by atoms with van der Waals surface area (Å²) in [7, 11) is -3.66. The van der Waals surface area contributed by atoms with Crippen LogP contribution in [0.2, 0.25) is 0 Å². The first-order chi connectivity index (χ1) is 13.9. The van der Waals surface area contributed by atoms with Crippen molar-refractivity contribution < 1.29 is 17.9 Å². The van der Waals surface area contributed by atoms with Gasteiger partial charge in [0.15, 0.2) is 0 Å². The minimum atomic E-state index is -3.66. The Hall–Kier alpha value is -2.75. The summed E-state index contributed by atoms with van der Waals surface area (Å²) in [5, 5.41) is 2.83. The van der Waals surface area contributed by atoms with E-state index < -0.39 is 10.0 Å². The van der Waals surface area contributed by atoms with Gasteiger partial charge in [0.25, 0.3) is 5.91 Å². The molecule has 1 aromatic carbocycles. The average Bonchev–Trinajstić information content (AvgIpc) is 3.16. The predicted octanol–water partition coefficient (Wildman–Crippen LogP) is 1.59. The van der Waals surface area contributed by atoms with Crippen molar-refractivity contribution >= 4 is 21.6 Å². The van der Waals surface area contributed by atoms with E-state index in [0.717, 1.165) is 11.3 Å². The summed E-state index contributed by atoms with van der Waals surface area (Å²) in [6.07, 6.45) is 3.74. The van der Waals surface area contributed by atoms with E-state index in [0.29, 0.717) is 37.4 Å². The van der Waals surface area contributed by atoms with E-state index in [1.54, 1.807) is 19.1 Å². The molecule has 1 aliphatic heterocycles. The molecule has 0 unspecified atom stereocenters. The van der Waals surface area contributed by atoms with Crippen LogP contribution in [-0.2, 0) is 21.3 Å². The fourth-order valence-electron chi connectivity index (χ4n) is 3.28. The summed E-state index contributed by atoms with van der Waals surface area (Å²) >= 11 is 0. The highest BCUT2D eigenvalue weighted by atomic mass is 32.2. The Bertz CT molecular complexity index is 1120. The summed E-state index contributed by atoms with van der Waals surface area (Å²) in [6, 6.07) is 10.3. The first-order valence-corrected chi connectivity index (χ1v) is 10.8. The number of pyridine rings is 1. The molecule has 0 spiro atoms. The molecular weight excluding hydrogens is 392 g/mol. The summed E-state index contributed by atoms with van der Waals surface area (Å²) < 4.78 is 34.3. The number of carbonyl (C=O) groups is 1. The van der Waals surface area contributed by atoms with Crippen molar-refractivity contribution in [3.63, 3.8) is 0 Å². The Kier molecular flexibility index (Phi) is 5.35. The maximum atomic E-state index is 12.9. The highest BCUT2D eigenvalue weighted by Crippen LogP contribution is 2.20. The molecule has 1 amide bonds. The van der Waals surface area contributed by atoms with Crippen molar-refractivity contribution in [2.24, 2.45) is 0 Å². The highest BCUT2D eigenvalue weighted by Gasteiger charge is 2.27. The van der Waals surface area contributed by atoms with Crippen LogP contribution in [0, 0.1) is 6.92 Å². The number of ether oxygens (including phenoxy) is 1. The van der Waals surface area contributed by atoms with Crippen LogP contribution in [0.25, 0.3) is 5.65 Å². The van der Waals surface area contributed by atoms with Crippen LogP contribution in [0.15, 0.2) is 53.7 Å². The summed E-state index contributed by atoms with van der Waals surface area (Å²) in [5.74, 6) is -0.335. The van der Waals surface area contributed by atoms with Crippen molar-refractivity contribution in [2.75, 3.05) is 26.3 Å². The van der Waals surface area contributed by atoms with E-state index in [1.807, 2.05) is 35.0 Å². The van der Waals surface area contributed by atoms with Gasteiger partial charge >= 0.3 is 0 Å². The zero-order valence-corrected chi connectivity index (χ0v) is 16.9. The van der Waals surface area contributed by atoms with E-state index >= 15 is 0 Å². The number of sulfonamides is 1. The maximum absolute atomic E-state index is 12.9. The van der Waals surface area contributed by atoms with Gasteiger partial charge in [0.1, 0.15) is 5.65 Å². The Balaban J connectivity index is 1.52. The number of carbonyl (C=O) groups excluding carboxylic acids is 1. The first kappa shape index (κ1) is 19.6. The van der Waals surface area contributed by atoms with Gasteiger partial charge in [-0.15, -0.1) is 0 Å². The standard InChI is InChI=1S/C20H22N4O4S/c1-15-5-6-17(29(26,27)24-8-10-28-11-9-24)12-18(15)20(25)21-13-16-14-23-7-3-2-4-19(23)22-16/h2-7,12,14H,8-11,13H2,1H3,(H,21,25). The minimum Gasteiger partial charge on any atom is -0.379 e. The number of benzene rings is 1. The van der Waals surface area contributed by atoms with Gasteiger partial charge in [-0.05, 0) is 36.8 Å². The van der Waals surface area contributed by atoms with Crippen LogP contribution < -0.4 is 5.32 Å². The number of imidazole rings is 1. The normalized spacial score (nSPS) is 15.5. The lowest BCUT2D eigenvalue weighted by molar-refractivity contribution is 0.0730. The maximum Gasteiger partial charge on any atom is 0.251 e. The third kappa shape index (κ3) is 4.02. The molecule has 0 radical (unpaired) electrons. The third-order valence-electron chi connectivity index (χ3n) is 4.91. The van der Waals surface area contributed by atoms with Crippen LogP contribution in [0.1, 0.15) is 21.6 Å². The molecule has 0 atom stereocenters. The zero-order chi connectivity index (χ0) is 20.4. The lowest BCUT2D eigenvalue weighted by atomic mass is 10.1. The van der Waals surface area contributed by atoms with E-state index in [1.165, 1.54) is 10.4 Å². The number of rotatable bonds is 5. The molecule has 4 rings (SSSR count). The molecular formula is C20H22N4O4S. The van der Waals surface area contributed by atoms with Gasteiger partial charge in [0.2, 0.25) is 10.0 Å². The number of hydrogen-bond acceptors (Lipinski definition) is 5. The van der Waals surface area contributed by atoms with Crippen LogP contribution in [-0.4, -0.2) is 54.3 Å². The fourth-order valence-corrected chi connectivity index (χ4v) is 4.72. The molecule has 1 saturated heterocycles. The second-order valence-corrected chi connectivity index (χ2v) is 8.81. The van der Waals surface area contributed by atoms with Crippen LogP contribution in [0.3, 0.4) is 0 Å². The number of morpholine rings is 1. The number of nitrogens with one attached hydrogen (secondary N) is 1. The van der Waals surface area contributed by atoms with E-state index in [-0.39, 0.29) is 17.3 Å². The third-order valence-corrected chi connectivity index (χ3v) is 6.80. The molecule has 3 aromatic rings. The first-order valence-electron chi connectivity index (χ1n) is 9.34. The lowest BCUT2D eigenvalue weighted by Crippen LogP contribution is -2.40. The molecule has 29 heavy (non-hydrogen) atoms. The smallest absolute Gasteiger partial charge is 0.251 e. The van der Waals surface area contributed by atoms with Gasteiger partial charge in [-0.3, -0.25) is 4.79 Å². The molecule has 3 heterocycles. The Morgan fingerprint density at radius 2 is 2.00 bits per heavy atom. The second kappa shape index (κ2) is 7.94. The van der Waals surface area contributed by atoms with Gasteiger partial charge in [0.05, 0.1) is 30.3 Å². The molecule has 8 nitrogen and oxygen atoms in total. The van der Waals surface area contributed by atoms with E-state index in [4.69, 9.17) is 4.74 Å². The van der Waals surface area contributed by atoms with Crippen molar-refractivity contribution in [1.29, 1.82) is 0 Å². The molecule has 1 aliphatic rings. The lowest BCUT2D eigenvalue weighted by Gasteiger charge is -2.26. The van der Waals surface area contributed by atoms with Gasteiger partial charge in [-0.25, -0.2) is 13.4 Å². The summed E-state index contributed by atoms with van der Waals surface area (Å²) in [5.41, 5.74) is 2.56. The van der Waals surface area contributed by atoms with Crippen LogP contribution in [0.5, 0.6) is 0 Å². The second-order valence-electron chi connectivity index (χ2n) is 6.87. The Morgan fingerprint density at radius 1 is 1.21 bits per heavy atom. The van der Waals surface area contributed by atoms with Crippen LogP contribution in [0.4, 0.5) is 0 Å². The van der Waals surface area contributed by atoms with Gasteiger partial charge in [-0.1, -0.05) is 12.1 Å². The molecule has 1 fully saturated rings. The summed E-state index contributed by atoms with van der Waals surface area (Å²) in [6.45, 7) is 3.40. The predicted molar refractivity (Wildman–Crippen MR) is 107 cm³/mol. The number of nitrogens with zero attached hydrogens (tertiary/aromatic N) is 3. The zero-order valence-electron chi connectivity index (χ0n) is 16.0. The molecule has 9 heteroatoms. The molecule has 2 aromatic heterocycles. The van der Waals surface area contributed by atoms with E-state index in [9.17, 15) is 13.2 Å². The van der Waals surface area contributed by atoms with Gasteiger partial charge < -0.3 is 14.5 Å². The monoisotopic (exact) mass is 414 g/mol. The highest BCUT2D eigenvalue weighted by molar-refractivity contribution is 7.89.